The second kappa shape index (κ2) is 8.97. The van der Waals surface area contributed by atoms with Gasteiger partial charge in [0, 0.05) is 56.4 Å². The van der Waals surface area contributed by atoms with Crippen molar-refractivity contribution in [3.63, 3.8) is 0 Å². The molecule has 1 aliphatic rings. The summed E-state index contributed by atoms with van der Waals surface area (Å²) in [6.45, 7) is 3.22. The molecule has 160 valence electrons. The molecular weight excluding hydrogens is 418 g/mol. The maximum atomic E-state index is 13.0. The summed E-state index contributed by atoms with van der Waals surface area (Å²) in [6, 6.07) is 8.95. The molecule has 3 heterocycles. The lowest BCUT2D eigenvalue weighted by Gasteiger charge is -2.32. The van der Waals surface area contributed by atoms with Gasteiger partial charge in [0.1, 0.15) is 4.90 Å². The van der Waals surface area contributed by atoms with Crippen LogP contribution in [0.5, 0.6) is 0 Å². The van der Waals surface area contributed by atoms with Crippen LogP contribution in [-0.2, 0) is 16.6 Å². The van der Waals surface area contributed by atoms with Crippen molar-refractivity contribution in [3.8, 4) is 0 Å². The van der Waals surface area contributed by atoms with Gasteiger partial charge < -0.3 is 4.90 Å². The largest absolute Gasteiger partial charge is 0.354 e. The Morgan fingerprint density at radius 3 is 2.87 bits per heavy atom. The Kier molecular flexibility index (Phi) is 6.33. The lowest BCUT2D eigenvalue weighted by atomic mass is 9.98. The van der Waals surface area contributed by atoms with Crippen LogP contribution in [0.2, 0.25) is 0 Å². The van der Waals surface area contributed by atoms with E-state index >= 15 is 0 Å². The molecular formula is C21H27N5O2S2. The van der Waals surface area contributed by atoms with Crippen molar-refractivity contribution >= 4 is 37.4 Å². The summed E-state index contributed by atoms with van der Waals surface area (Å²) >= 11 is 1.71. The lowest BCUT2D eigenvalue weighted by Crippen LogP contribution is -2.40. The Labute approximate surface area is 181 Å². The van der Waals surface area contributed by atoms with E-state index in [1.807, 2.05) is 43.4 Å². The summed E-state index contributed by atoms with van der Waals surface area (Å²) in [5, 5.41) is 1.83. The van der Waals surface area contributed by atoms with Crippen LogP contribution >= 0.6 is 11.3 Å². The van der Waals surface area contributed by atoms with Gasteiger partial charge in [0.2, 0.25) is 10.0 Å². The zero-order chi connectivity index (χ0) is 21.1. The van der Waals surface area contributed by atoms with E-state index in [1.165, 1.54) is 4.88 Å². The molecule has 7 nitrogen and oxygen atoms in total. The molecule has 1 atom stereocenters. The van der Waals surface area contributed by atoms with Gasteiger partial charge in [-0.1, -0.05) is 18.2 Å². The van der Waals surface area contributed by atoms with Gasteiger partial charge in [-0.25, -0.2) is 18.1 Å². The first-order chi connectivity index (χ1) is 14.4. The van der Waals surface area contributed by atoms with Crippen molar-refractivity contribution in [1.29, 1.82) is 0 Å². The third-order valence-corrected chi connectivity index (χ3v) is 7.96. The van der Waals surface area contributed by atoms with E-state index in [0.29, 0.717) is 12.1 Å². The van der Waals surface area contributed by atoms with E-state index in [2.05, 4.69) is 19.6 Å². The first-order valence-electron chi connectivity index (χ1n) is 10.1. The number of hydrogen-bond donors (Lipinski definition) is 1. The Bertz CT molecular complexity index is 1110. The SMILES string of the molecule is CN(C)c1ncc(CN2CCCC(CNS(=O)(=O)c3cccc4cccnc34)C2)s1. The number of pyridine rings is 1. The Balaban J connectivity index is 1.39. The minimum Gasteiger partial charge on any atom is -0.354 e. The van der Waals surface area contributed by atoms with E-state index in [9.17, 15) is 8.42 Å². The molecule has 4 rings (SSSR count). The minimum atomic E-state index is -3.61. The number of thiazole rings is 1. The Hall–Kier alpha value is -2.07. The summed E-state index contributed by atoms with van der Waals surface area (Å²) in [6.07, 6.45) is 5.67. The molecule has 0 saturated carbocycles. The Morgan fingerprint density at radius 1 is 1.23 bits per heavy atom. The Morgan fingerprint density at radius 2 is 2.07 bits per heavy atom. The lowest BCUT2D eigenvalue weighted by molar-refractivity contribution is 0.170. The molecule has 1 fully saturated rings. The standard InChI is InChI=1S/C21H27N5O2S2/c1-25(2)21-23-13-18(29-21)15-26-11-5-6-16(14-26)12-24-30(27,28)19-9-3-7-17-8-4-10-22-20(17)19/h3-4,7-10,13,16,24H,5-6,11-12,14-15H2,1-2H3. The molecule has 1 aliphatic heterocycles. The number of likely N-dealkylation sites (tertiary alicyclic amines) is 1. The fraction of sp³-hybridized carbons (Fsp3) is 0.429. The summed E-state index contributed by atoms with van der Waals surface area (Å²) in [5.74, 6) is 0.290. The third-order valence-electron chi connectivity index (χ3n) is 5.35. The molecule has 1 unspecified atom stereocenters. The average Bonchev–Trinajstić information content (AvgIpc) is 3.21. The number of para-hydroxylation sites is 1. The van der Waals surface area contributed by atoms with Crippen LogP contribution in [0, 0.1) is 5.92 Å². The molecule has 0 spiro atoms. The second-order valence-corrected chi connectivity index (χ2v) is 10.8. The van der Waals surface area contributed by atoms with Crippen molar-refractivity contribution in [1.82, 2.24) is 19.6 Å². The molecule has 9 heteroatoms. The molecule has 1 saturated heterocycles. The zero-order valence-corrected chi connectivity index (χ0v) is 18.9. The van der Waals surface area contributed by atoms with Gasteiger partial charge in [-0.2, -0.15) is 0 Å². The van der Waals surface area contributed by atoms with Gasteiger partial charge in [-0.15, -0.1) is 11.3 Å². The number of aromatic nitrogens is 2. The molecule has 0 aliphatic carbocycles. The molecule has 0 amide bonds. The van der Waals surface area contributed by atoms with Gasteiger partial charge in [0.25, 0.3) is 0 Å². The highest BCUT2D eigenvalue weighted by molar-refractivity contribution is 7.89. The number of nitrogens with zero attached hydrogens (tertiary/aromatic N) is 4. The minimum absolute atomic E-state index is 0.245. The number of benzene rings is 1. The first-order valence-corrected chi connectivity index (χ1v) is 12.4. The van der Waals surface area contributed by atoms with Gasteiger partial charge in [-0.3, -0.25) is 9.88 Å². The van der Waals surface area contributed by atoms with E-state index < -0.39 is 10.0 Å². The van der Waals surface area contributed by atoms with Crippen molar-refractivity contribution in [2.75, 3.05) is 38.6 Å². The zero-order valence-electron chi connectivity index (χ0n) is 17.3. The van der Waals surface area contributed by atoms with Crippen LogP contribution in [0.25, 0.3) is 10.9 Å². The van der Waals surface area contributed by atoms with Gasteiger partial charge >= 0.3 is 0 Å². The van der Waals surface area contributed by atoms with E-state index in [4.69, 9.17) is 0 Å². The van der Waals surface area contributed by atoms with Crippen LogP contribution in [0.3, 0.4) is 0 Å². The normalized spacial score (nSPS) is 18.0. The first kappa shape index (κ1) is 21.2. The van der Waals surface area contributed by atoms with Crippen molar-refractivity contribution in [2.45, 2.75) is 24.3 Å². The highest BCUT2D eigenvalue weighted by atomic mass is 32.2. The predicted octanol–water partition coefficient (Wildman–Crippen LogP) is 2.95. The topological polar surface area (TPSA) is 78.4 Å². The maximum Gasteiger partial charge on any atom is 0.242 e. The van der Waals surface area contributed by atoms with Crippen LogP contribution < -0.4 is 9.62 Å². The van der Waals surface area contributed by atoms with Gasteiger partial charge in [0.15, 0.2) is 5.13 Å². The van der Waals surface area contributed by atoms with Crippen molar-refractivity contribution < 1.29 is 8.42 Å². The number of anilines is 1. The van der Waals surface area contributed by atoms with Crippen LogP contribution in [0.1, 0.15) is 17.7 Å². The van der Waals surface area contributed by atoms with E-state index in [-0.39, 0.29) is 10.8 Å². The summed E-state index contributed by atoms with van der Waals surface area (Å²) in [5.41, 5.74) is 0.514. The quantitative estimate of drug-likeness (QED) is 0.602. The number of fused-ring (bicyclic) bond motifs is 1. The average molecular weight is 446 g/mol. The fourth-order valence-corrected chi connectivity index (χ4v) is 6.03. The third kappa shape index (κ3) is 4.80. The van der Waals surface area contributed by atoms with Crippen molar-refractivity contribution in [2.24, 2.45) is 5.92 Å². The van der Waals surface area contributed by atoms with Crippen LogP contribution in [0.15, 0.2) is 47.6 Å². The molecule has 1 N–H and O–H groups in total. The monoisotopic (exact) mass is 445 g/mol. The highest BCUT2D eigenvalue weighted by Gasteiger charge is 2.24. The molecule has 1 aromatic carbocycles. The van der Waals surface area contributed by atoms with Crippen LogP contribution in [-0.4, -0.2) is 57.0 Å². The predicted molar refractivity (Wildman–Crippen MR) is 121 cm³/mol. The number of nitrogens with one attached hydrogen (secondary N) is 1. The van der Waals surface area contributed by atoms with E-state index in [0.717, 1.165) is 43.0 Å². The fourth-order valence-electron chi connectivity index (χ4n) is 3.86. The summed E-state index contributed by atoms with van der Waals surface area (Å²) in [7, 11) is 0.381. The molecule has 2 aromatic heterocycles. The second-order valence-electron chi connectivity index (χ2n) is 7.93. The summed E-state index contributed by atoms with van der Waals surface area (Å²) < 4.78 is 28.7. The maximum absolute atomic E-state index is 13.0. The van der Waals surface area contributed by atoms with Crippen LogP contribution in [0.4, 0.5) is 5.13 Å². The molecule has 30 heavy (non-hydrogen) atoms. The molecule has 0 radical (unpaired) electrons. The smallest absolute Gasteiger partial charge is 0.242 e. The molecule has 0 bridgehead atoms. The number of sulfonamides is 1. The number of piperidine rings is 1. The van der Waals surface area contributed by atoms with Crippen molar-refractivity contribution in [3.05, 3.63) is 47.6 Å². The summed E-state index contributed by atoms with van der Waals surface area (Å²) in [4.78, 5) is 14.6. The van der Waals surface area contributed by atoms with E-state index in [1.54, 1.807) is 29.7 Å². The van der Waals surface area contributed by atoms with Gasteiger partial charge in [-0.05, 0) is 37.4 Å². The highest BCUT2D eigenvalue weighted by Crippen LogP contribution is 2.25. The van der Waals surface area contributed by atoms with Gasteiger partial charge in [0.05, 0.1) is 5.52 Å². The number of rotatable bonds is 7. The number of hydrogen-bond acceptors (Lipinski definition) is 7. The molecule has 3 aromatic rings.